The molecule has 8 heteroatoms. The Hall–Kier alpha value is -2.61. The van der Waals surface area contributed by atoms with Gasteiger partial charge in [0, 0.05) is 5.92 Å². The first kappa shape index (κ1) is 16.3. The molecule has 24 heavy (non-hydrogen) atoms. The number of amides is 1. The molecule has 0 fully saturated rings. The van der Waals surface area contributed by atoms with Gasteiger partial charge in [0.2, 0.25) is 5.13 Å². The van der Waals surface area contributed by atoms with Crippen LogP contribution in [0, 0.1) is 13.8 Å². The molecule has 0 unspecified atom stereocenters. The SMILES string of the molecule is Cc1ccc(-n2nnc(C(=O)Nc3nnc(C(C)C)s3)c2C)cc1. The number of carbonyl (C=O) groups excluding carboxylic acids is 1. The molecule has 124 valence electrons. The summed E-state index contributed by atoms with van der Waals surface area (Å²) in [6.07, 6.45) is 0. The van der Waals surface area contributed by atoms with Crippen molar-refractivity contribution in [3.63, 3.8) is 0 Å². The van der Waals surface area contributed by atoms with Gasteiger partial charge in [-0.25, -0.2) is 4.68 Å². The van der Waals surface area contributed by atoms with Crippen LogP contribution in [-0.2, 0) is 0 Å². The minimum atomic E-state index is -0.336. The van der Waals surface area contributed by atoms with E-state index >= 15 is 0 Å². The van der Waals surface area contributed by atoms with Crippen LogP contribution >= 0.6 is 11.3 Å². The van der Waals surface area contributed by atoms with Gasteiger partial charge in [0.05, 0.1) is 11.4 Å². The molecule has 0 saturated carbocycles. The Labute approximate surface area is 143 Å². The second-order valence-electron chi connectivity index (χ2n) is 5.83. The summed E-state index contributed by atoms with van der Waals surface area (Å²) < 4.78 is 1.65. The fourth-order valence-electron chi connectivity index (χ4n) is 2.14. The lowest BCUT2D eigenvalue weighted by Crippen LogP contribution is -2.14. The number of nitrogens with one attached hydrogen (secondary N) is 1. The van der Waals surface area contributed by atoms with Crippen LogP contribution in [0.25, 0.3) is 5.69 Å². The number of aryl methyl sites for hydroxylation is 1. The van der Waals surface area contributed by atoms with E-state index in [1.54, 1.807) is 4.68 Å². The molecule has 7 nitrogen and oxygen atoms in total. The maximum Gasteiger partial charge on any atom is 0.279 e. The fourth-order valence-corrected chi connectivity index (χ4v) is 2.89. The monoisotopic (exact) mass is 342 g/mol. The molecule has 1 amide bonds. The Balaban J connectivity index is 1.81. The minimum absolute atomic E-state index is 0.275. The maximum absolute atomic E-state index is 12.4. The van der Waals surface area contributed by atoms with E-state index < -0.39 is 0 Å². The Morgan fingerprint density at radius 2 is 1.83 bits per heavy atom. The third kappa shape index (κ3) is 3.18. The normalized spacial score (nSPS) is 11.0. The van der Waals surface area contributed by atoms with Crippen LogP contribution in [-0.4, -0.2) is 31.1 Å². The number of anilines is 1. The highest BCUT2D eigenvalue weighted by Crippen LogP contribution is 2.23. The number of rotatable bonds is 4. The molecule has 0 aliphatic carbocycles. The Bertz CT molecular complexity index is 865. The van der Waals surface area contributed by atoms with E-state index in [4.69, 9.17) is 0 Å². The second kappa shape index (κ2) is 6.48. The highest BCUT2D eigenvalue weighted by molar-refractivity contribution is 7.15. The van der Waals surface area contributed by atoms with Gasteiger partial charge in [-0.2, -0.15) is 0 Å². The van der Waals surface area contributed by atoms with Crippen molar-refractivity contribution in [2.24, 2.45) is 0 Å². The van der Waals surface area contributed by atoms with Crippen molar-refractivity contribution in [1.82, 2.24) is 25.2 Å². The summed E-state index contributed by atoms with van der Waals surface area (Å²) in [6, 6.07) is 7.87. The van der Waals surface area contributed by atoms with Gasteiger partial charge in [0.1, 0.15) is 5.01 Å². The summed E-state index contributed by atoms with van der Waals surface area (Å²) in [7, 11) is 0. The van der Waals surface area contributed by atoms with E-state index in [9.17, 15) is 4.79 Å². The minimum Gasteiger partial charge on any atom is -0.295 e. The molecular weight excluding hydrogens is 324 g/mol. The number of carbonyl (C=O) groups is 1. The van der Waals surface area contributed by atoms with E-state index in [1.807, 2.05) is 52.0 Å². The lowest BCUT2D eigenvalue weighted by atomic mass is 10.2. The number of nitrogens with zero attached hydrogens (tertiary/aromatic N) is 5. The summed E-state index contributed by atoms with van der Waals surface area (Å²) in [5, 5.41) is 20.2. The van der Waals surface area contributed by atoms with E-state index in [-0.39, 0.29) is 17.5 Å². The van der Waals surface area contributed by atoms with Crippen molar-refractivity contribution in [3.05, 3.63) is 46.2 Å². The molecule has 1 aromatic carbocycles. The molecule has 0 spiro atoms. The van der Waals surface area contributed by atoms with E-state index in [1.165, 1.54) is 11.3 Å². The predicted octanol–water partition coefficient (Wildman–Crippen LogP) is 3.11. The number of aromatic nitrogens is 5. The first-order valence-electron chi connectivity index (χ1n) is 7.60. The van der Waals surface area contributed by atoms with Crippen LogP contribution < -0.4 is 5.32 Å². The molecule has 2 heterocycles. The van der Waals surface area contributed by atoms with Crippen LogP contribution in [0.5, 0.6) is 0 Å². The first-order chi connectivity index (χ1) is 11.5. The molecule has 3 rings (SSSR count). The van der Waals surface area contributed by atoms with Crippen molar-refractivity contribution in [2.75, 3.05) is 5.32 Å². The number of benzene rings is 1. The molecule has 0 atom stereocenters. The van der Waals surface area contributed by atoms with E-state index in [0.717, 1.165) is 16.3 Å². The second-order valence-corrected chi connectivity index (χ2v) is 6.83. The van der Waals surface area contributed by atoms with Crippen LogP contribution in [0.2, 0.25) is 0 Å². The Morgan fingerprint density at radius 3 is 2.46 bits per heavy atom. The third-order valence-electron chi connectivity index (χ3n) is 3.54. The van der Waals surface area contributed by atoms with Crippen molar-refractivity contribution in [2.45, 2.75) is 33.6 Å². The molecule has 0 saturated heterocycles. The standard InChI is InChI=1S/C16H18N6OS/c1-9(2)15-19-20-16(24-15)17-14(23)13-11(4)22(21-18-13)12-7-5-10(3)6-8-12/h5-9H,1-4H3,(H,17,20,23). The molecule has 2 aromatic heterocycles. The van der Waals surface area contributed by atoms with Crippen LogP contribution in [0.3, 0.4) is 0 Å². The van der Waals surface area contributed by atoms with Crippen LogP contribution in [0.4, 0.5) is 5.13 Å². The van der Waals surface area contributed by atoms with Crippen LogP contribution in [0.15, 0.2) is 24.3 Å². The number of hydrogen-bond donors (Lipinski definition) is 1. The summed E-state index contributed by atoms with van der Waals surface area (Å²) in [6.45, 7) is 7.89. The highest BCUT2D eigenvalue weighted by atomic mass is 32.1. The predicted molar refractivity (Wildman–Crippen MR) is 92.8 cm³/mol. The quantitative estimate of drug-likeness (QED) is 0.787. The molecule has 1 N–H and O–H groups in total. The fraction of sp³-hybridized carbons (Fsp3) is 0.312. The average molecular weight is 342 g/mol. The lowest BCUT2D eigenvalue weighted by molar-refractivity contribution is 0.102. The Morgan fingerprint density at radius 1 is 1.12 bits per heavy atom. The van der Waals surface area contributed by atoms with Gasteiger partial charge in [-0.05, 0) is 26.0 Å². The number of hydrogen-bond acceptors (Lipinski definition) is 6. The summed E-state index contributed by atoms with van der Waals surface area (Å²) >= 11 is 1.37. The van der Waals surface area contributed by atoms with Crippen molar-refractivity contribution in [3.8, 4) is 5.69 Å². The maximum atomic E-state index is 12.4. The van der Waals surface area contributed by atoms with Gasteiger partial charge in [0.25, 0.3) is 5.91 Å². The molecule has 0 radical (unpaired) electrons. The van der Waals surface area contributed by atoms with Crippen molar-refractivity contribution >= 4 is 22.4 Å². The molecule has 0 aliphatic heterocycles. The van der Waals surface area contributed by atoms with E-state index in [2.05, 4.69) is 25.8 Å². The summed E-state index contributed by atoms with van der Waals surface area (Å²) in [5.74, 6) is -0.0605. The van der Waals surface area contributed by atoms with Gasteiger partial charge in [-0.15, -0.1) is 15.3 Å². The van der Waals surface area contributed by atoms with Gasteiger partial charge >= 0.3 is 0 Å². The van der Waals surface area contributed by atoms with Gasteiger partial charge in [-0.3, -0.25) is 10.1 Å². The zero-order chi connectivity index (χ0) is 17.3. The molecule has 0 bridgehead atoms. The zero-order valence-electron chi connectivity index (χ0n) is 13.9. The van der Waals surface area contributed by atoms with E-state index in [0.29, 0.717) is 10.8 Å². The summed E-state index contributed by atoms with van der Waals surface area (Å²) in [4.78, 5) is 12.4. The van der Waals surface area contributed by atoms with Gasteiger partial charge in [-0.1, -0.05) is 48.1 Å². The largest absolute Gasteiger partial charge is 0.295 e. The summed E-state index contributed by atoms with van der Waals surface area (Å²) in [5.41, 5.74) is 2.97. The molecule has 0 aliphatic rings. The third-order valence-corrected chi connectivity index (χ3v) is 4.68. The lowest BCUT2D eigenvalue weighted by Gasteiger charge is -2.04. The van der Waals surface area contributed by atoms with Crippen molar-refractivity contribution < 1.29 is 4.79 Å². The highest BCUT2D eigenvalue weighted by Gasteiger charge is 2.19. The molecule has 3 aromatic rings. The van der Waals surface area contributed by atoms with Gasteiger partial charge in [0.15, 0.2) is 5.69 Å². The van der Waals surface area contributed by atoms with Crippen LogP contribution in [0.1, 0.15) is 46.5 Å². The van der Waals surface area contributed by atoms with Crippen molar-refractivity contribution in [1.29, 1.82) is 0 Å². The van der Waals surface area contributed by atoms with Gasteiger partial charge < -0.3 is 0 Å². The smallest absolute Gasteiger partial charge is 0.279 e. The Kier molecular flexibility index (Phi) is 4.39. The zero-order valence-corrected chi connectivity index (χ0v) is 14.8. The average Bonchev–Trinajstić information content (AvgIpc) is 3.15. The first-order valence-corrected chi connectivity index (χ1v) is 8.41. The molecular formula is C16H18N6OS. The topological polar surface area (TPSA) is 85.6 Å².